The summed E-state index contributed by atoms with van der Waals surface area (Å²) in [6.45, 7) is 5.61. The van der Waals surface area contributed by atoms with Crippen molar-refractivity contribution in [3.05, 3.63) is 0 Å². The van der Waals surface area contributed by atoms with E-state index < -0.39 is 0 Å². The highest BCUT2D eigenvalue weighted by Crippen LogP contribution is 2.32. The Hall–Kier alpha value is -0.610. The second-order valence-electron chi connectivity index (χ2n) is 5.73. The van der Waals surface area contributed by atoms with Crippen LogP contribution in [0.1, 0.15) is 39.0 Å². The number of hydrogen-bond acceptors (Lipinski definition) is 3. The summed E-state index contributed by atoms with van der Waals surface area (Å²) in [5.74, 6) is 0.299. The lowest BCUT2D eigenvalue weighted by atomic mass is 9.77. The quantitative estimate of drug-likeness (QED) is 0.824. The molecule has 2 aliphatic heterocycles. The van der Waals surface area contributed by atoms with E-state index in [2.05, 4.69) is 12.2 Å². The largest absolute Gasteiger partial charge is 0.376 e. The summed E-state index contributed by atoms with van der Waals surface area (Å²) in [4.78, 5) is 14.6. The monoisotopic (exact) mass is 254 g/mol. The van der Waals surface area contributed by atoms with Crippen LogP contribution in [0.15, 0.2) is 0 Å². The lowest BCUT2D eigenvalue weighted by Crippen LogP contribution is -2.51. The molecule has 2 saturated heterocycles. The summed E-state index contributed by atoms with van der Waals surface area (Å²) in [5.41, 5.74) is -0.175. The third-order valence-corrected chi connectivity index (χ3v) is 4.45. The van der Waals surface area contributed by atoms with Crippen molar-refractivity contribution in [2.24, 2.45) is 5.41 Å². The van der Waals surface area contributed by atoms with Gasteiger partial charge in [-0.3, -0.25) is 4.79 Å². The van der Waals surface area contributed by atoms with E-state index in [0.717, 1.165) is 58.3 Å². The van der Waals surface area contributed by atoms with Gasteiger partial charge < -0.3 is 15.0 Å². The Labute approximate surface area is 110 Å². The third-order valence-electron chi connectivity index (χ3n) is 4.45. The molecular weight excluding hydrogens is 228 g/mol. The molecule has 1 N–H and O–H groups in total. The minimum absolute atomic E-state index is 0.175. The normalized spacial score (nSPS) is 32.4. The van der Waals surface area contributed by atoms with E-state index in [1.807, 2.05) is 11.9 Å². The van der Waals surface area contributed by atoms with E-state index in [1.54, 1.807) is 0 Å². The summed E-state index contributed by atoms with van der Waals surface area (Å²) in [7, 11) is 1.93. The topological polar surface area (TPSA) is 41.6 Å². The van der Waals surface area contributed by atoms with Crippen LogP contribution in [-0.2, 0) is 9.53 Å². The van der Waals surface area contributed by atoms with Crippen LogP contribution in [-0.4, -0.2) is 50.2 Å². The molecule has 0 aromatic carbocycles. The van der Waals surface area contributed by atoms with Gasteiger partial charge in [0.2, 0.25) is 5.91 Å². The van der Waals surface area contributed by atoms with E-state index in [0.29, 0.717) is 5.91 Å². The number of piperidine rings is 1. The number of nitrogens with one attached hydrogen (secondary N) is 1. The molecule has 2 aliphatic rings. The molecule has 0 aromatic rings. The zero-order valence-corrected chi connectivity index (χ0v) is 11.7. The van der Waals surface area contributed by atoms with Crippen LogP contribution in [0.2, 0.25) is 0 Å². The lowest BCUT2D eigenvalue weighted by molar-refractivity contribution is -0.143. The van der Waals surface area contributed by atoms with Crippen LogP contribution < -0.4 is 5.32 Å². The minimum atomic E-state index is -0.175. The van der Waals surface area contributed by atoms with E-state index in [1.165, 1.54) is 0 Å². The predicted octanol–water partition coefficient (Wildman–Crippen LogP) is 1.40. The maximum atomic E-state index is 12.7. The summed E-state index contributed by atoms with van der Waals surface area (Å²) in [6, 6.07) is 0. The molecule has 18 heavy (non-hydrogen) atoms. The van der Waals surface area contributed by atoms with Gasteiger partial charge in [-0.2, -0.15) is 0 Å². The Balaban J connectivity index is 1.94. The van der Waals surface area contributed by atoms with Crippen LogP contribution in [0.25, 0.3) is 0 Å². The van der Waals surface area contributed by atoms with Crippen molar-refractivity contribution >= 4 is 5.91 Å². The van der Waals surface area contributed by atoms with Crippen LogP contribution in [0, 0.1) is 5.41 Å². The summed E-state index contributed by atoms with van der Waals surface area (Å²) >= 11 is 0. The number of nitrogens with zero attached hydrogens (tertiary/aromatic N) is 1. The van der Waals surface area contributed by atoms with Crippen molar-refractivity contribution in [1.82, 2.24) is 10.2 Å². The third kappa shape index (κ3) is 2.86. The molecule has 2 unspecified atom stereocenters. The van der Waals surface area contributed by atoms with Crippen LogP contribution in [0.5, 0.6) is 0 Å². The zero-order chi connectivity index (χ0) is 13.0. The summed E-state index contributed by atoms with van der Waals surface area (Å²) in [6.07, 6.45) is 5.53. The fourth-order valence-corrected chi connectivity index (χ4v) is 3.18. The van der Waals surface area contributed by atoms with Crippen molar-refractivity contribution < 1.29 is 9.53 Å². The van der Waals surface area contributed by atoms with E-state index in [4.69, 9.17) is 4.74 Å². The van der Waals surface area contributed by atoms with Gasteiger partial charge in [0.15, 0.2) is 0 Å². The zero-order valence-electron chi connectivity index (χ0n) is 11.7. The maximum Gasteiger partial charge on any atom is 0.229 e. The molecule has 1 amide bonds. The van der Waals surface area contributed by atoms with Crippen molar-refractivity contribution in [1.29, 1.82) is 0 Å². The first-order valence-electron chi connectivity index (χ1n) is 7.26. The van der Waals surface area contributed by atoms with E-state index >= 15 is 0 Å². The van der Waals surface area contributed by atoms with Gasteiger partial charge in [0, 0.05) is 26.7 Å². The SMILES string of the molecule is CCC1(C(=O)N(C)CC2CCCO2)CCCNC1. The number of ether oxygens (including phenoxy) is 1. The first-order valence-corrected chi connectivity index (χ1v) is 7.26. The van der Waals surface area contributed by atoms with Gasteiger partial charge in [0.05, 0.1) is 11.5 Å². The lowest BCUT2D eigenvalue weighted by Gasteiger charge is -2.38. The second-order valence-corrected chi connectivity index (χ2v) is 5.73. The number of hydrogen-bond donors (Lipinski definition) is 1. The van der Waals surface area contributed by atoms with E-state index in [9.17, 15) is 4.79 Å². The first kappa shape index (κ1) is 13.8. The second kappa shape index (κ2) is 6.02. The van der Waals surface area contributed by atoms with Crippen LogP contribution in [0.4, 0.5) is 0 Å². The number of carbonyl (C=O) groups excluding carboxylic acids is 1. The Morgan fingerprint density at radius 1 is 1.50 bits per heavy atom. The van der Waals surface area contributed by atoms with Crippen LogP contribution in [0.3, 0.4) is 0 Å². The van der Waals surface area contributed by atoms with Gasteiger partial charge in [0.1, 0.15) is 0 Å². The molecule has 4 nitrogen and oxygen atoms in total. The Morgan fingerprint density at radius 2 is 2.33 bits per heavy atom. The van der Waals surface area contributed by atoms with Gasteiger partial charge in [-0.25, -0.2) is 0 Å². The molecule has 0 radical (unpaired) electrons. The average Bonchev–Trinajstić information content (AvgIpc) is 2.91. The van der Waals surface area contributed by atoms with Gasteiger partial charge in [-0.15, -0.1) is 0 Å². The van der Waals surface area contributed by atoms with Gasteiger partial charge in [0.25, 0.3) is 0 Å². The molecule has 2 rings (SSSR count). The summed E-state index contributed by atoms with van der Waals surface area (Å²) < 4.78 is 5.62. The number of amides is 1. The van der Waals surface area contributed by atoms with Gasteiger partial charge >= 0.3 is 0 Å². The number of carbonyl (C=O) groups is 1. The molecular formula is C14H26N2O2. The van der Waals surface area contributed by atoms with Gasteiger partial charge in [-0.05, 0) is 38.6 Å². The molecule has 2 atom stereocenters. The Bertz CT molecular complexity index is 282. The molecule has 104 valence electrons. The Morgan fingerprint density at radius 3 is 2.89 bits per heavy atom. The first-order chi connectivity index (χ1) is 8.68. The molecule has 4 heteroatoms. The van der Waals surface area contributed by atoms with Crippen LogP contribution >= 0.6 is 0 Å². The average molecular weight is 254 g/mol. The van der Waals surface area contributed by atoms with Gasteiger partial charge in [-0.1, -0.05) is 6.92 Å². The fraction of sp³-hybridized carbons (Fsp3) is 0.929. The molecule has 0 bridgehead atoms. The Kier molecular flexibility index (Phi) is 4.62. The smallest absolute Gasteiger partial charge is 0.229 e. The predicted molar refractivity (Wildman–Crippen MR) is 71.4 cm³/mol. The van der Waals surface area contributed by atoms with Crippen molar-refractivity contribution in [3.8, 4) is 0 Å². The maximum absolute atomic E-state index is 12.7. The molecule has 0 saturated carbocycles. The van der Waals surface area contributed by atoms with E-state index in [-0.39, 0.29) is 11.5 Å². The highest BCUT2D eigenvalue weighted by molar-refractivity contribution is 5.83. The molecule has 2 heterocycles. The van der Waals surface area contributed by atoms with Crippen molar-refractivity contribution in [2.45, 2.75) is 45.1 Å². The molecule has 0 aliphatic carbocycles. The molecule has 0 spiro atoms. The molecule has 0 aromatic heterocycles. The minimum Gasteiger partial charge on any atom is -0.376 e. The fourth-order valence-electron chi connectivity index (χ4n) is 3.18. The molecule has 2 fully saturated rings. The highest BCUT2D eigenvalue weighted by atomic mass is 16.5. The summed E-state index contributed by atoms with van der Waals surface area (Å²) in [5, 5.41) is 3.38. The van der Waals surface area contributed by atoms with Crippen molar-refractivity contribution in [3.63, 3.8) is 0 Å². The highest BCUT2D eigenvalue weighted by Gasteiger charge is 2.40. The van der Waals surface area contributed by atoms with Crippen molar-refractivity contribution in [2.75, 3.05) is 33.3 Å². The standard InChI is InChI=1S/C14H26N2O2/c1-3-14(7-5-8-15-11-14)13(17)16(2)10-12-6-4-9-18-12/h12,15H,3-11H2,1-2H3. The number of likely N-dealkylation sites (N-methyl/N-ethyl adjacent to an activating group) is 1. The number of rotatable bonds is 4.